The molecule has 0 saturated carbocycles. The van der Waals surface area contributed by atoms with Crippen LogP contribution in [0.3, 0.4) is 0 Å². The molecule has 23 heavy (non-hydrogen) atoms. The lowest BCUT2D eigenvalue weighted by molar-refractivity contribution is 0.391. The average molecular weight is 334 g/mol. The van der Waals surface area contributed by atoms with E-state index >= 15 is 0 Å². The maximum atomic E-state index is 14.2. The van der Waals surface area contributed by atoms with Crippen LogP contribution in [0.1, 0.15) is 32.3 Å². The van der Waals surface area contributed by atoms with E-state index in [2.05, 4.69) is 13.8 Å². The van der Waals surface area contributed by atoms with E-state index in [1.807, 2.05) is 30.3 Å². The minimum atomic E-state index is -0.198. The van der Waals surface area contributed by atoms with Gasteiger partial charge in [0.2, 0.25) is 0 Å². The van der Waals surface area contributed by atoms with Crippen LogP contribution in [0.5, 0.6) is 11.5 Å². The Morgan fingerprint density at radius 3 is 2.43 bits per heavy atom. The summed E-state index contributed by atoms with van der Waals surface area (Å²) in [7, 11) is 3.64. The first kappa shape index (κ1) is 17.7. The number of halogens is 1. The first-order chi connectivity index (χ1) is 11.0. The van der Waals surface area contributed by atoms with E-state index < -0.39 is 0 Å². The van der Waals surface area contributed by atoms with Crippen LogP contribution in [0.4, 0.5) is 4.39 Å². The van der Waals surface area contributed by atoms with E-state index in [4.69, 9.17) is 9.47 Å². The van der Waals surface area contributed by atoms with Crippen molar-refractivity contribution in [3.05, 3.63) is 53.8 Å². The van der Waals surface area contributed by atoms with Crippen LogP contribution in [-0.4, -0.2) is 14.2 Å². The van der Waals surface area contributed by atoms with Gasteiger partial charge >= 0.3 is 0 Å². The molecule has 0 radical (unpaired) electrons. The summed E-state index contributed by atoms with van der Waals surface area (Å²) in [5.74, 6) is 1.47. The number of benzene rings is 2. The van der Waals surface area contributed by atoms with Crippen LogP contribution in [0.2, 0.25) is 0 Å². The molecule has 2 unspecified atom stereocenters. The van der Waals surface area contributed by atoms with Crippen molar-refractivity contribution in [2.75, 3.05) is 14.2 Å². The zero-order chi connectivity index (χ0) is 16.9. The lowest BCUT2D eigenvalue weighted by Gasteiger charge is -2.32. The van der Waals surface area contributed by atoms with Gasteiger partial charge in [0.05, 0.1) is 14.2 Å². The summed E-state index contributed by atoms with van der Waals surface area (Å²) in [5.41, 5.74) is 1.07. The minimum absolute atomic E-state index is 0.143. The highest BCUT2D eigenvalue weighted by molar-refractivity contribution is 7.48. The van der Waals surface area contributed by atoms with Gasteiger partial charge in [-0.05, 0) is 30.7 Å². The standard InChI is InChI=1S/C19H24FO2P/c1-5-12-19(2,23-18-9-7-6-8-16(18)20)15-13-14(21-3)10-11-17(15)22-4/h6-11,13,23H,5,12H2,1-4H3. The predicted molar refractivity (Wildman–Crippen MR) is 96.2 cm³/mol. The number of methoxy groups -OCH3 is 2. The third-order valence-electron chi connectivity index (χ3n) is 4.04. The molecule has 0 aliphatic heterocycles. The molecule has 2 aromatic carbocycles. The van der Waals surface area contributed by atoms with Crippen molar-refractivity contribution >= 4 is 13.9 Å². The second-order valence-corrected chi connectivity index (χ2v) is 7.65. The van der Waals surface area contributed by atoms with Crippen LogP contribution in [0.25, 0.3) is 0 Å². The molecule has 4 heteroatoms. The quantitative estimate of drug-likeness (QED) is 0.673. The highest BCUT2D eigenvalue weighted by atomic mass is 31.1. The van der Waals surface area contributed by atoms with E-state index in [1.54, 1.807) is 20.3 Å². The Kier molecular flexibility index (Phi) is 6.01. The number of hydrogen-bond donors (Lipinski definition) is 0. The molecule has 0 saturated heterocycles. The molecule has 0 aliphatic rings. The monoisotopic (exact) mass is 334 g/mol. The van der Waals surface area contributed by atoms with Gasteiger partial charge < -0.3 is 9.47 Å². The summed E-state index contributed by atoms with van der Waals surface area (Å²) < 4.78 is 25.1. The molecule has 2 aromatic rings. The Labute approximate surface area is 139 Å². The zero-order valence-electron chi connectivity index (χ0n) is 14.2. The molecule has 0 amide bonds. The van der Waals surface area contributed by atoms with Gasteiger partial charge in [-0.15, -0.1) is 0 Å². The van der Waals surface area contributed by atoms with Crippen molar-refractivity contribution in [2.45, 2.75) is 31.8 Å². The molecule has 0 spiro atoms. The Morgan fingerprint density at radius 2 is 1.83 bits per heavy atom. The van der Waals surface area contributed by atoms with Crippen molar-refractivity contribution in [1.29, 1.82) is 0 Å². The Balaban J connectivity index is 2.50. The van der Waals surface area contributed by atoms with Gasteiger partial charge in [-0.1, -0.05) is 47.0 Å². The third-order valence-corrected chi connectivity index (χ3v) is 5.78. The lowest BCUT2D eigenvalue weighted by Crippen LogP contribution is -2.21. The highest BCUT2D eigenvalue weighted by Gasteiger charge is 2.30. The second kappa shape index (κ2) is 7.79. The highest BCUT2D eigenvalue weighted by Crippen LogP contribution is 2.49. The molecule has 0 heterocycles. The van der Waals surface area contributed by atoms with Gasteiger partial charge in [0, 0.05) is 16.0 Å². The summed E-state index contributed by atoms with van der Waals surface area (Å²) in [5, 5.41) is 0.560. The molecule has 0 bridgehead atoms. The van der Waals surface area contributed by atoms with Crippen molar-refractivity contribution < 1.29 is 13.9 Å². The Hall–Kier alpha value is -1.60. The molecule has 0 fully saturated rings. The van der Waals surface area contributed by atoms with Gasteiger partial charge in [0.15, 0.2) is 0 Å². The van der Waals surface area contributed by atoms with Gasteiger partial charge in [-0.3, -0.25) is 0 Å². The van der Waals surface area contributed by atoms with Crippen LogP contribution in [0, 0.1) is 5.82 Å². The molecular weight excluding hydrogens is 310 g/mol. The van der Waals surface area contributed by atoms with Gasteiger partial charge in [0.25, 0.3) is 0 Å². The van der Waals surface area contributed by atoms with E-state index in [0.717, 1.165) is 35.2 Å². The molecular formula is C19H24FO2P. The Bertz CT molecular complexity index is 660. The van der Waals surface area contributed by atoms with E-state index in [1.165, 1.54) is 6.07 Å². The second-order valence-electron chi connectivity index (χ2n) is 5.75. The molecule has 0 N–H and O–H groups in total. The van der Waals surface area contributed by atoms with Crippen LogP contribution < -0.4 is 14.8 Å². The summed E-state index contributed by atoms with van der Waals surface area (Å²) in [6.45, 7) is 4.33. The molecule has 124 valence electrons. The van der Waals surface area contributed by atoms with Crippen LogP contribution in [0.15, 0.2) is 42.5 Å². The fourth-order valence-corrected chi connectivity index (χ4v) is 4.55. The number of hydrogen-bond acceptors (Lipinski definition) is 2. The summed E-state index contributed by atoms with van der Waals surface area (Å²) >= 11 is 0. The molecule has 2 nitrogen and oxygen atoms in total. The summed E-state index contributed by atoms with van der Waals surface area (Å²) in [4.78, 5) is 0. The van der Waals surface area contributed by atoms with E-state index in [0.29, 0.717) is 8.58 Å². The summed E-state index contributed by atoms with van der Waals surface area (Å²) in [6.07, 6.45) is 1.96. The normalized spacial score (nSPS) is 14.0. The number of rotatable bonds is 7. The topological polar surface area (TPSA) is 18.5 Å². The summed E-state index contributed by atoms with van der Waals surface area (Å²) in [6, 6.07) is 12.8. The average Bonchev–Trinajstić information content (AvgIpc) is 2.56. The van der Waals surface area contributed by atoms with Gasteiger partial charge in [-0.25, -0.2) is 4.39 Å². The third kappa shape index (κ3) is 4.03. The fourth-order valence-electron chi connectivity index (χ4n) is 2.87. The number of ether oxygens (including phenoxy) is 2. The maximum Gasteiger partial charge on any atom is 0.130 e. The molecule has 2 rings (SSSR count). The van der Waals surface area contributed by atoms with Gasteiger partial charge in [0.1, 0.15) is 17.3 Å². The van der Waals surface area contributed by atoms with Crippen LogP contribution in [-0.2, 0) is 5.16 Å². The minimum Gasteiger partial charge on any atom is -0.497 e. The maximum absolute atomic E-state index is 14.2. The van der Waals surface area contributed by atoms with Crippen molar-refractivity contribution in [3.8, 4) is 11.5 Å². The largest absolute Gasteiger partial charge is 0.497 e. The molecule has 0 aliphatic carbocycles. The van der Waals surface area contributed by atoms with Gasteiger partial charge in [-0.2, -0.15) is 0 Å². The van der Waals surface area contributed by atoms with E-state index in [9.17, 15) is 4.39 Å². The smallest absolute Gasteiger partial charge is 0.130 e. The first-order valence-electron chi connectivity index (χ1n) is 7.79. The van der Waals surface area contributed by atoms with Crippen molar-refractivity contribution in [3.63, 3.8) is 0 Å². The van der Waals surface area contributed by atoms with E-state index in [-0.39, 0.29) is 11.0 Å². The molecule has 0 aromatic heterocycles. The zero-order valence-corrected chi connectivity index (χ0v) is 15.2. The fraction of sp³-hybridized carbons (Fsp3) is 0.368. The van der Waals surface area contributed by atoms with Crippen molar-refractivity contribution in [1.82, 2.24) is 0 Å². The SMILES string of the molecule is CCCC(C)(Pc1ccccc1F)c1cc(OC)ccc1OC. The Morgan fingerprint density at radius 1 is 1.09 bits per heavy atom. The first-order valence-corrected chi connectivity index (χ1v) is 8.79. The van der Waals surface area contributed by atoms with Crippen molar-refractivity contribution in [2.24, 2.45) is 0 Å². The lowest BCUT2D eigenvalue weighted by atomic mass is 9.94. The molecule has 2 atom stereocenters. The van der Waals surface area contributed by atoms with Crippen LogP contribution >= 0.6 is 8.58 Å². The predicted octanol–water partition coefficient (Wildman–Crippen LogP) is 4.86.